The van der Waals surface area contributed by atoms with E-state index in [1.807, 2.05) is 0 Å². The SMILES string of the molecule is CCC(C)c1cccc[n+]1CCCC[Si](OC)(OC)OC. The van der Waals surface area contributed by atoms with E-state index in [9.17, 15) is 0 Å². The predicted molar refractivity (Wildman–Crippen MR) is 86.2 cm³/mol. The summed E-state index contributed by atoms with van der Waals surface area (Å²) in [6.07, 6.45) is 5.48. The summed E-state index contributed by atoms with van der Waals surface area (Å²) in [6, 6.07) is 7.32. The molecule has 1 heterocycles. The molecule has 0 bridgehead atoms. The fraction of sp³-hybridized carbons (Fsp3) is 0.688. The largest absolute Gasteiger partial charge is 0.500 e. The monoisotopic (exact) mass is 312 g/mol. The topological polar surface area (TPSA) is 31.6 Å². The van der Waals surface area contributed by atoms with Gasteiger partial charge in [-0.05, 0) is 12.8 Å². The summed E-state index contributed by atoms with van der Waals surface area (Å²) in [5.74, 6) is 0.594. The van der Waals surface area contributed by atoms with E-state index in [1.165, 1.54) is 5.69 Å². The minimum atomic E-state index is -2.41. The van der Waals surface area contributed by atoms with Gasteiger partial charge in [0, 0.05) is 51.8 Å². The van der Waals surface area contributed by atoms with Crippen LogP contribution in [0.1, 0.15) is 44.7 Å². The Balaban J connectivity index is 2.53. The first-order valence-electron chi connectivity index (χ1n) is 7.76. The van der Waals surface area contributed by atoms with Crippen molar-refractivity contribution in [2.45, 2.75) is 51.6 Å². The number of rotatable bonds is 10. The van der Waals surface area contributed by atoms with Gasteiger partial charge in [-0.2, -0.15) is 0 Å². The standard InChI is InChI=1S/C16H30NO3Si/c1-6-15(2)16-11-7-8-12-17(16)13-9-10-14-21(18-3,19-4)20-5/h7-8,11-12,15H,6,9-10,13-14H2,1-5H3/q+1. The average molecular weight is 313 g/mol. The van der Waals surface area contributed by atoms with Crippen LogP contribution in [0.5, 0.6) is 0 Å². The molecule has 0 saturated heterocycles. The normalized spacial score (nSPS) is 13.4. The van der Waals surface area contributed by atoms with E-state index < -0.39 is 8.80 Å². The van der Waals surface area contributed by atoms with Crippen LogP contribution in [0.3, 0.4) is 0 Å². The molecule has 1 unspecified atom stereocenters. The van der Waals surface area contributed by atoms with Crippen molar-refractivity contribution in [1.82, 2.24) is 0 Å². The van der Waals surface area contributed by atoms with E-state index in [2.05, 4.69) is 42.8 Å². The van der Waals surface area contributed by atoms with Crippen molar-refractivity contribution in [3.63, 3.8) is 0 Å². The van der Waals surface area contributed by atoms with Gasteiger partial charge in [0.1, 0.15) is 6.54 Å². The van der Waals surface area contributed by atoms with Crippen LogP contribution in [-0.2, 0) is 19.8 Å². The van der Waals surface area contributed by atoms with Gasteiger partial charge < -0.3 is 13.3 Å². The fourth-order valence-corrected chi connectivity index (χ4v) is 4.32. The summed E-state index contributed by atoms with van der Waals surface area (Å²) in [7, 11) is 2.61. The van der Waals surface area contributed by atoms with Crippen LogP contribution < -0.4 is 4.57 Å². The summed E-state index contributed by atoms with van der Waals surface area (Å²) in [4.78, 5) is 0. The first kappa shape index (κ1) is 18.3. The van der Waals surface area contributed by atoms with Crippen LogP contribution in [0, 0.1) is 0 Å². The average Bonchev–Trinajstić information content (AvgIpc) is 2.55. The maximum atomic E-state index is 5.46. The summed E-state index contributed by atoms with van der Waals surface area (Å²) < 4.78 is 18.7. The molecule has 0 N–H and O–H groups in total. The van der Waals surface area contributed by atoms with Crippen molar-refractivity contribution in [1.29, 1.82) is 0 Å². The molecule has 5 heteroatoms. The van der Waals surface area contributed by atoms with Gasteiger partial charge >= 0.3 is 8.80 Å². The minimum absolute atomic E-state index is 0.594. The Morgan fingerprint density at radius 2 is 1.76 bits per heavy atom. The fourth-order valence-electron chi connectivity index (χ4n) is 2.53. The number of aromatic nitrogens is 1. The highest BCUT2D eigenvalue weighted by Gasteiger charge is 2.36. The molecule has 1 rings (SSSR count). The number of hydrogen-bond acceptors (Lipinski definition) is 3. The van der Waals surface area contributed by atoms with Crippen LogP contribution in [-0.4, -0.2) is 30.1 Å². The summed E-state index contributed by atoms with van der Waals surface area (Å²) >= 11 is 0. The van der Waals surface area contributed by atoms with Gasteiger partial charge in [-0.1, -0.05) is 19.9 Å². The molecule has 0 aliphatic heterocycles. The van der Waals surface area contributed by atoms with Crippen molar-refractivity contribution < 1.29 is 17.8 Å². The number of unbranched alkanes of at least 4 members (excludes halogenated alkanes) is 1. The predicted octanol–water partition coefficient (Wildman–Crippen LogP) is 3.15. The van der Waals surface area contributed by atoms with Crippen LogP contribution in [0.15, 0.2) is 24.4 Å². The third-order valence-corrected chi connectivity index (χ3v) is 6.99. The molecule has 0 aliphatic carbocycles. The first-order chi connectivity index (χ1) is 10.1. The van der Waals surface area contributed by atoms with Gasteiger partial charge in [0.25, 0.3) is 0 Å². The molecule has 0 radical (unpaired) electrons. The van der Waals surface area contributed by atoms with Gasteiger partial charge in [0.05, 0.1) is 0 Å². The van der Waals surface area contributed by atoms with E-state index in [1.54, 1.807) is 21.3 Å². The van der Waals surface area contributed by atoms with Crippen molar-refractivity contribution in [3.8, 4) is 0 Å². The second-order valence-corrected chi connectivity index (χ2v) is 8.47. The third-order valence-electron chi connectivity index (χ3n) is 4.16. The Morgan fingerprint density at radius 3 is 2.33 bits per heavy atom. The van der Waals surface area contributed by atoms with E-state index in [4.69, 9.17) is 13.3 Å². The van der Waals surface area contributed by atoms with Crippen molar-refractivity contribution in [2.24, 2.45) is 0 Å². The van der Waals surface area contributed by atoms with Crippen LogP contribution in [0.25, 0.3) is 0 Å². The molecular weight excluding hydrogens is 282 g/mol. The van der Waals surface area contributed by atoms with E-state index >= 15 is 0 Å². The number of aryl methyl sites for hydroxylation is 1. The lowest BCUT2D eigenvalue weighted by atomic mass is 10.0. The molecule has 0 saturated carbocycles. The maximum Gasteiger partial charge on any atom is 0.500 e. The molecule has 0 spiro atoms. The third kappa shape index (κ3) is 5.18. The summed E-state index contributed by atoms with van der Waals surface area (Å²) in [5.41, 5.74) is 1.41. The number of nitrogens with zero attached hydrogens (tertiary/aromatic N) is 1. The molecule has 0 aliphatic rings. The molecular formula is C16H30NO3Si+. The summed E-state index contributed by atoms with van der Waals surface area (Å²) in [6.45, 7) is 5.55. The zero-order chi connectivity index (χ0) is 15.7. The van der Waals surface area contributed by atoms with E-state index in [0.717, 1.165) is 31.9 Å². The number of hydrogen-bond donors (Lipinski definition) is 0. The van der Waals surface area contributed by atoms with Gasteiger partial charge in [-0.15, -0.1) is 0 Å². The quantitative estimate of drug-likeness (QED) is 0.378. The highest BCUT2D eigenvalue weighted by molar-refractivity contribution is 6.60. The Hall–Kier alpha value is -0.753. The second-order valence-electron chi connectivity index (χ2n) is 5.38. The zero-order valence-electron chi connectivity index (χ0n) is 14.1. The Morgan fingerprint density at radius 1 is 1.10 bits per heavy atom. The molecule has 21 heavy (non-hydrogen) atoms. The van der Waals surface area contributed by atoms with Gasteiger partial charge in [0.2, 0.25) is 0 Å². The lowest BCUT2D eigenvalue weighted by Crippen LogP contribution is -2.43. The van der Waals surface area contributed by atoms with Crippen LogP contribution in [0.2, 0.25) is 6.04 Å². The van der Waals surface area contributed by atoms with Crippen molar-refractivity contribution in [3.05, 3.63) is 30.1 Å². The van der Waals surface area contributed by atoms with Gasteiger partial charge in [0.15, 0.2) is 11.9 Å². The molecule has 0 aromatic carbocycles. The molecule has 4 nitrogen and oxygen atoms in total. The van der Waals surface area contributed by atoms with Crippen molar-refractivity contribution in [2.75, 3.05) is 21.3 Å². The van der Waals surface area contributed by atoms with Crippen molar-refractivity contribution >= 4 is 8.80 Å². The minimum Gasteiger partial charge on any atom is -0.377 e. The molecule has 1 aromatic heterocycles. The lowest BCUT2D eigenvalue weighted by Gasteiger charge is -2.23. The second kappa shape index (κ2) is 9.30. The smallest absolute Gasteiger partial charge is 0.377 e. The lowest BCUT2D eigenvalue weighted by molar-refractivity contribution is -0.705. The molecule has 120 valence electrons. The Bertz CT molecular complexity index is 402. The Kier molecular flexibility index (Phi) is 8.10. The van der Waals surface area contributed by atoms with Crippen LogP contribution >= 0.6 is 0 Å². The molecule has 1 aromatic rings. The molecule has 0 fully saturated rings. The van der Waals surface area contributed by atoms with E-state index in [0.29, 0.717) is 5.92 Å². The first-order valence-corrected chi connectivity index (χ1v) is 9.69. The highest BCUT2D eigenvalue weighted by Crippen LogP contribution is 2.17. The van der Waals surface area contributed by atoms with E-state index in [-0.39, 0.29) is 0 Å². The van der Waals surface area contributed by atoms with Gasteiger partial charge in [-0.25, -0.2) is 4.57 Å². The van der Waals surface area contributed by atoms with Gasteiger partial charge in [-0.3, -0.25) is 0 Å². The van der Waals surface area contributed by atoms with Crippen LogP contribution in [0.4, 0.5) is 0 Å². The maximum absolute atomic E-state index is 5.46. The molecule has 0 amide bonds. The Labute approximate surface area is 130 Å². The summed E-state index contributed by atoms with van der Waals surface area (Å²) in [5, 5.41) is 0. The highest BCUT2D eigenvalue weighted by atomic mass is 28.4. The zero-order valence-corrected chi connectivity index (χ0v) is 15.1. The number of pyridine rings is 1. The molecule has 1 atom stereocenters.